The highest BCUT2D eigenvalue weighted by atomic mass is 32.1. The lowest BCUT2D eigenvalue weighted by Gasteiger charge is -2.31. The van der Waals surface area contributed by atoms with Crippen LogP contribution in [0.25, 0.3) is 5.82 Å². The number of piperidine rings is 1. The standard InChI is InChI=1S/C17H20N6S/c1-13-20-15(11-24-13)10-22-5-2-3-14(9-22)16-7-19-8-17(21-16)23-6-4-18-12-23/h4,6-8,11-12,14H,2-3,5,9-10H2,1H3/t14-/m0/s1. The van der Waals surface area contributed by atoms with Gasteiger partial charge in [0, 0.05) is 43.0 Å². The zero-order chi connectivity index (χ0) is 16.4. The molecule has 0 N–H and O–H groups in total. The lowest BCUT2D eigenvalue weighted by atomic mass is 9.95. The molecule has 7 heteroatoms. The molecule has 3 aromatic rings. The minimum absolute atomic E-state index is 0.425. The Hall–Kier alpha value is -2.12. The summed E-state index contributed by atoms with van der Waals surface area (Å²) in [5.41, 5.74) is 2.25. The Kier molecular flexibility index (Phi) is 4.36. The maximum absolute atomic E-state index is 4.80. The highest BCUT2D eigenvalue weighted by molar-refractivity contribution is 7.09. The van der Waals surface area contributed by atoms with Gasteiger partial charge in [0.15, 0.2) is 5.82 Å². The maximum Gasteiger partial charge on any atom is 0.156 e. The number of aryl methyl sites for hydroxylation is 1. The summed E-state index contributed by atoms with van der Waals surface area (Å²) in [6.07, 6.45) is 11.4. The predicted octanol–water partition coefficient (Wildman–Crippen LogP) is 2.81. The molecule has 1 atom stereocenters. The quantitative estimate of drug-likeness (QED) is 0.731. The van der Waals surface area contributed by atoms with Crippen LogP contribution in [0.4, 0.5) is 0 Å². The third kappa shape index (κ3) is 3.37. The molecule has 0 bridgehead atoms. The number of rotatable bonds is 4. The van der Waals surface area contributed by atoms with Crippen molar-refractivity contribution < 1.29 is 0 Å². The zero-order valence-electron chi connectivity index (χ0n) is 13.7. The number of nitrogens with zero attached hydrogens (tertiary/aromatic N) is 6. The number of thiazole rings is 1. The summed E-state index contributed by atoms with van der Waals surface area (Å²) in [7, 11) is 0. The molecule has 3 aromatic heterocycles. The van der Waals surface area contributed by atoms with Gasteiger partial charge in [0.1, 0.15) is 6.33 Å². The highest BCUT2D eigenvalue weighted by Crippen LogP contribution is 2.26. The molecule has 0 unspecified atom stereocenters. The monoisotopic (exact) mass is 340 g/mol. The van der Waals surface area contributed by atoms with E-state index < -0.39 is 0 Å². The molecule has 0 saturated carbocycles. The normalized spacial score (nSPS) is 18.8. The molecular weight excluding hydrogens is 320 g/mol. The summed E-state index contributed by atoms with van der Waals surface area (Å²) >= 11 is 1.72. The first-order valence-electron chi connectivity index (χ1n) is 8.21. The van der Waals surface area contributed by atoms with Crippen molar-refractivity contribution in [1.29, 1.82) is 0 Å². The van der Waals surface area contributed by atoms with Crippen molar-refractivity contribution in [3.05, 3.63) is 52.9 Å². The molecule has 0 aliphatic carbocycles. The van der Waals surface area contributed by atoms with E-state index in [4.69, 9.17) is 4.98 Å². The molecule has 4 heterocycles. The molecule has 0 amide bonds. The predicted molar refractivity (Wildman–Crippen MR) is 93.3 cm³/mol. The van der Waals surface area contributed by atoms with Crippen LogP contribution in [0.5, 0.6) is 0 Å². The van der Waals surface area contributed by atoms with Crippen LogP contribution in [0.1, 0.15) is 35.2 Å². The van der Waals surface area contributed by atoms with Crippen molar-refractivity contribution in [1.82, 2.24) is 29.4 Å². The Labute approximate surface area is 145 Å². The van der Waals surface area contributed by atoms with Crippen molar-refractivity contribution in [3.63, 3.8) is 0 Å². The third-order valence-electron chi connectivity index (χ3n) is 4.39. The minimum Gasteiger partial charge on any atom is -0.297 e. The van der Waals surface area contributed by atoms with Gasteiger partial charge in [-0.05, 0) is 26.3 Å². The van der Waals surface area contributed by atoms with E-state index in [-0.39, 0.29) is 0 Å². The van der Waals surface area contributed by atoms with Crippen LogP contribution in [0, 0.1) is 6.92 Å². The van der Waals surface area contributed by atoms with Crippen molar-refractivity contribution >= 4 is 11.3 Å². The van der Waals surface area contributed by atoms with E-state index in [2.05, 4.69) is 32.2 Å². The SMILES string of the molecule is Cc1nc(CN2CCC[C@H](c3cncc(-n4ccnc4)n3)C2)cs1. The van der Waals surface area contributed by atoms with Crippen molar-refractivity contribution in [2.75, 3.05) is 13.1 Å². The molecule has 0 radical (unpaired) electrons. The van der Waals surface area contributed by atoms with Crippen molar-refractivity contribution in [3.8, 4) is 5.82 Å². The van der Waals surface area contributed by atoms with E-state index in [9.17, 15) is 0 Å². The topological polar surface area (TPSA) is 59.7 Å². The van der Waals surface area contributed by atoms with E-state index in [1.165, 1.54) is 12.1 Å². The summed E-state index contributed by atoms with van der Waals surface area (Å²) in [5, 5.41) is 3.30. The van der Waals surface area contributed by atoms with Crippen LogP contribution in [0.3, 0.4) is 0 Å². The molecule has 1 fully saturated rings. The fraction of sp³-hybridized carbons (Fsp3) is 0.412. The fourth-order valence-corrected chi connectivity index (χ4v) is 3.84. The molecule has 1 aliphatic heterocycles. The number of aromatic nitrogens is 5. The first-order chi connectivity index (χ1) is 11.8. The molecule has 4 rings (SSSR count). The number of likely N-dealkylation sites (tertiary alicyclic amines) is 1. The van der Waals surface area contributed by atoms with Crippen LogP contribution in [0.2, 0.25) is 0 Å². The van der Waals surface area contributed by atoms with Gasteiger partial charge < -0.3 is 0 Å². The number of imidazole rings is 1. The Bertz CT molecular complexity index is 797. The van der Waals surface area contributed by atoms with Crippen molar-refractivity contribution in [2.24, 2.45) is 0 Å². The number of hydrogen-bond donors (Lipinski definition) is 0. The molecule has 24 heavy (non-hydrogen) atoms. The molecule has 0 spiro atoms. The molecule has 124 valence electrons. The summed E-state index contributed by atoms with van der Waals surface area (Å²) in [6, 6.07) is 0. The Morgan fingerprint density at radius 2 is 2.21 bits per heavy atom. The smallest absolute Gasteiger partial charge is 0.156 e. The van der Waals surface area contributed by atoms with E-state index in [1.807, 2.05) is 17.0 Å². The molecular formula is C17H20N6S. The lowest BCUT2D eigenvalue weighted by molar-refractivity contribution is 0.196. The van der Waals surface area contributed by atoms with E-state index in [0.717, 1.165) is 42.6 Å². The van der Waals surface area contributed by atoms with Gasteiger partial charge in [-0.2, -0.15) is 0 Å². The Balaban J connectivity index is 1.48. The first-order valence-corrected chi connectivity index (χ1v) is 9.09. The van der Waals surface area contributed by atoms with Crippen LogP contribution in [0.15, 0.2) is 36.5 Å². The van der Waals surface area contributed by atoms with Gasteiger partial charge in [-0.1, -0.05) is 0 Å². The molecule has 6 nitrogen and oxygen atoms in total. The van der Waals surface area contributed by atoms with Crippen molar-refractivity contribution in [2.45, 2.75) is 32.2 Å². The Morgan fingerprint density at radius 1 is 1.25 bits per heavy atom. The van der Waals surface area contributed by atoms with Gasteiger partial charge in [-0.3, -0.25) is 14.5 Å². The van der Waals surface area contributed by atoms with Gasteiger partial charge in [0.05, 0.1) is 22.6 Å². The largest absolute Gasteiger partial charge is 0.297 e. The highest BCUT2D eigenvalue weighted by Gasteiger charge is 2.23. The van der Waals surface area contributed by atoms with E-state index in [0.29, 0.717) is 5.92 Å². The van der Waals surface area contributed by atoms with Crippen LogP contribution in [-0.2, 0) is 6.54 Å². The maximum atomic E-state index is 4.80. The van der Waals surface area contributed by atoms with Crippen LogP contribution in [-0.4, -0.2) is 42.5 Å². The van der Waals surface area contributed by atoms with Gasteiger partial charge >= 0.3 is 0 Å². The minimum atomic E-state index is 0.425. The summed E-state index contributed by atoms with van der Waals surface area (Å²) in [6.45, 7) is 5.13. The van der Waals surface area contributed by atoms with Crippen LogP contribution < -0.4 is 0 Å². The molecule has 0 aromatic carbocycles. The summed E-state index contributed by atoms with van der Waals surface area (Å²) in [5.74, 6) is 1.26. The van der Waals surface area contributed by atoms with E-state index in [1.54, 1.807) is 30.1 Å². The summed E-state index contributed by atoms with van der Waals surface area (Å²) in [4.78, 5) is 20.3. The average Bonchev–Trinajstić information content (AvgIpc) is 3.27. The van der Waals surface area contributed by atoms with Gasteiger partial charge in [0.25, 0.3) is 0 Å². The average molecular weight is 340 g/mol. The second kappa shape index (κ2) is 6.78. The third-order valence-corrected chi connectivity index (χ3v) is 5.21. The van der Waals surface area contributed by atoms with Gasteiger partial charge in [-0.25, -0.2) is 15.0 Å². The second-order valence-corrected chi connectivity index (χ2v) is 7.27. The Morgan fingerprint density at radius 3 is 3.00 bits per heavy atom. The van der Waals surface area contributed by atoms with Gasteiger partial charge in [0.2, 0.25) is 0 Å². The number of hydrogen-bond acceptors (Lipinski definition) is 6. The molecule has 1 aliphatic rings. The lowest BCUT2D eigenvalue weighted by Crippen LogP contribution is -2.34. The molecule has 1 saturated heterocycles. The zero-order valence-corrected chi connectivity index (χ0v) is 14.5. The van der Waals surface area contributed by atoms with E-state index >= 15 is 0 Å². The second-order valence-electron chi connectivity index (χ2n) is 6.20. The first kappa shape index (κ1) is 15.4. The van der Waals surface area contributed by atoms with Gasteiger partial charge in [-0.15, -0.1) is 11.3 Å². The van der Waals surface area contributed by atoms with Crippen LogP contribution >= 0.6 is 11.3 Å². The fourth-order valence-electron chi connectivity index (χ4n) is 3.24. The summed E-state index contributed by atoms with van der Waals surface area (Å²) < 4.78 is 1.90.